The Labute approximate surface area is 109 Å². The summed E-state index contributed by atoms with van der Waals surface area (Å²) in [5.74, 6) is 1.78. The van der Waals surface area contributed by atoms with Gasteiger partial charge in [0.2, 0.25) is 0 Å². The number of aromatic nitrogens is 2. The first-order valence-corrected chi connectivity index (χ1v) is 6.91. The molecule has 0 saturated carbocycles. The molecular formula is C13H23N5. The van der Waals surface area contributed by atoms with Crippen molar-refractivity contribution in [1.29, 1.82) is 0 Å². The standard InChI is InChI=1S/C13H23N5/c1-2-14-12-9-13(18-10-17-12)16-8-6-11-5-3-4-7-15-11/h9-11,15H,2-8H2,1H3,(H2,14,16,17,18). The topological polar surface area (TPSA) is 61.9 Å². The van der Waals surface area contributed by atoms with E-state index in [1.807, 2.05) is 6.07 Å². The van der Waals surface area contributed by atoms with Crippen LogP contribution in [0.3, 0.4) is 0 Å². The Morgan fingerprint density at radius 2 is 2.11 bits per heavy atom. The smallest absolute Gasteiger partial charge is 0.131 e. The molecule has 100 valence electrons. The lowest BCUT2D eigenvalue weighted by Gasteiger charge is -2.23. The third-order valence-corrected chi connectivity index (χ3v) is 3.24. The maximum atomic E-state index is 4.22. The van der Waals surface area contributed by atoms with Crippen molar-refractivity contribution >= 4 is 11.6 Å². The first-order chi connectivity index (χ1) is 8.88. The SMILES string of the molecule is CCNc1cc(NCCC2CCCCN2)ncn1. The Morgan fingerprint density at radius 3 is 2.83 bits per heavy atom. The molecule has 1 aromatic heterocycles. The fraction of sp³-hybridized carbons (Fsp3) is 0.692. The van der Waals surface area contributed by atoms with Crippen LogP contribution in [0.4, 0.5) is 11.6 Å². The number of rotatable bonds is 6. The van der Waals surface area contributed by atoms with E-state index in [2.05, 4.69) is 32.8 Å². The quantitative estimate of drug-likeness (QED) is 0.718. The van der Waals surface area contributed by atoms with E-state index >= 15 is 0 Å². The van der Waals surface area contributed by atoms with Gasteiger partial charge in [-0.25, -0.2) is 9.97 Å². The zero-order valence-corrected chi connectivity index (χ0v) is 11.1. The van der Waals surface area contributed by atoms with Crippen molar-refractivity contribution in [1.82, 2.24) is 15.3 Å². The molecule has 1 aromatic rings. The highest BCUT2D eigenvalue weighted by Crippen LogP contribution is 2.11. The van der Waals surface area contributed by atoms with Gasteiger partial charge in [0.05, 0.1) is 0 Å². The Kier molecular flexibility index (Phi) is 5.20. The molecule has 1 saturated heterocycles. The van der Waals surface area contributed by atoms with Crippen molar-refractivity contribution in [3.8, 4) is 0 Å². The van der Waals surface area contributed by atoms with Gasteiger partial charge >= 0.3 is 0 Å². The number of anilines is 2. The highest BCUT2D eigenvalue weighted by atomic mass is 15.1. The minimum atomic E-state index is 0.668. The van der Waals surface area contributed by atoms with E-state index in [9.17, 15) is 0 Å². The Bertz CT molecular complexity index is 349. The number of hydrogen-bond donors (Lipinski definition) is 3. The highest BCUT2D eigenvalue weighted by Gasteiger charge is 2.11. The van der Waals surface area contributed by atoms with E-state index in [4.69, 9.17) is 0 Å². The van der Waals surface area contributed by atoms with Gasteiger partial charge in [-0.2, -0.15) is 0 Å². The first-order valence-electron chi connectivity index (χ1n) is 6.91. The molecule has 1 aliphatic rings. The van der Waals surface area contributed by atoms with Gasteiger partial charge in [-0.1, -0.05) is 6.42 Å². The van der Waals surface area contributed by atoms with E-state index in [0.29, 0.717) is 6.04 Å². The molecule has 0 amide bonds. The molecule has 2 rings (SSSR count). The Hall–Kier alpha value is -1.36. The Morgan fingerprint density at radius 1 is 1.28 bits per heavy atom. The van der Waals surface area contributed by atoms with Crippen molar-refractivity contribution in [3.63, 3.8) is 0 Å². The van der Waals surface area contributed by atoms with Crippen LogP contribution in [0.2, 0.25) is 0 Å². The van der Waals surface area contributed by atoms with Crippen LogP contribution >= 0.6 is 0 Å². The largest absolute Gasteiger partial charge is 0.370 e. The van der Waals surface area contributed by atoms with Gasteiger partial charge in [0.15, 0.2) is 0 Å². The van der Waals surface area contributed by atoms with Crippen molar-refractivity contribution in [2.45, 2.75) is 38.6 Å². The van der Waals surface area contributed by atoms with Gasteiger partial charge < -0.3 is 16.0 Å². The van der Waals surface area contributed by atoms with Crippen molar-refractivity contribution in [2.75, 3.05) is 30.3 Å². The summed E-state index contributed by atoms with van der Waals surface area (Å²) in [7, 11) is 0. The molecule has 1 atom stereocenters. The van der Waals surface area contributed by atoms with Crippen LogP contribution in [0.1, 0.15) is 32.6 Å². The van der Waals surface area contributed by atoms with Gasteiger partial charge in [-0.05, 0) is 32.7 Å². The summed E-state index contributed by atoms with van der Waals surface area (Å²) in [5.41, 5.74) is 0. The van der Waals surface area contributed by atoms with Crippen molar-refractivity contribution < 1.29 is 0 Å². The zero-order chi connectivity index (χ0) is 12.6. The molecule has 18 heavy (non-hydrogen) atoms. The minimum absolute atomic E-state index is 0.668. The summed E-state index contributed by atoms with van der Waals surface area (Å²) < 4.78 is 0. The third kappa shape index (κ3) is 4.14. The predicted molar refractivity (Wildman–Crippen MR) is 74.9 cm³/mol. The monoisotopic (exact) mass is 249 g/mol. The van der Waals surface area contributed by atoms with E-state index < -0.39 is 0 Å². The maximum absolute atomic E-state index is 4.22. The lowest BCUT2D eigenvalue weighted by atomic mass is 10.0. The predicted octanol–water partition coefficient (Wildman–Crippen LogP) is 1.85. The van der Waals surface area contributed by atoms with Crippen LogP contribution in [-0.2, 0) is 0 Å². The fourth-order valence-corrected chi connectivity index (χ4v) is 2.28. The van der Waals surface area contributed by atoms with Crippen LogP contribution in [-0.4, -0.2) is 35.6 Å². The van der Waals surface area contributed by atoms with E-state index in [0.717, 1.165) is 31.1 Å². The number of nitrogens with zero attached hydrogens (tertiary/aromatic N) is 2. The average Bonchev–Trinajstić information content (AvgIpc) is 2.41. The third-order valence-electron chi connectivity index (χ3n) is 3.24. The van der Waals surface area contributed by atoms with Crippen molar-refractivity contribution in [3.05, 3.63) is 12.4 Å². The average molecular weight is 249 g/mol. The second kappa shape index (κ2) is 7.16. The van der Waals surface area contributed by atoms with Gasteiger partial charge in [-0.15, -0.1) is 0 Å². The van der Waals surface area contributed by atoms with Crippen LogP contribution in [0.15, 0.2) is 12.4 Å². The fourth-order valence-electron chi connectivity index (χ4n) is 2.28. The molecule has 3 N–H and O–H groups in total. The van der Waals surface area contributed by atoms with Crippen molar-refractivity contribution in [2.24, 2.45) is 0 Å². The van der Waals surface area contributed by atoms with Gasteiger partial charge in [-0.3, -0.25) is 0 Å². The lowest BCUT2D eigenvalue weighted by molar-refractivity contribution is 0.389. The van der Waals surface area contributed by atoms with Gasteiger partial charge in [0, 0.05) is 25.2 Å². The molecule has 1 aliphatic heterocycles. The molecule has 5 heteroatoms. The molecule has 2 heterocycles. The van der Waals surface area contributed by atoms with E-state index in [-0.39, 0.29) is 0 Å². The summed E-state index contributed by atoms with van der Waals surface area (Å²) in [5, 5.41) is 10.1. The van der Waals surface area contributed by atoms with E-state index in [1.165, 1.54) is 25.8 Å². The summed E-state index contributed by atoms with van der Waals surface area (Å²) in [6.45, 7) is 5.06. The van der Waals surface area contributed by atoms with Crippen LogP contribution in [0, 0.1) is 0 Å². The van der Waals surface area contributed by atoms with Gasteiger partial charge in [0.25, 0.3) is 0 Å². The maximum Gasteiger partial charge on any atom is 0.131 e. The Balaban J connectivity index is 1.73. The normalized spacial score (nSPS) is 19.5. The molecule has 1 unspecified atom stereocenters. The van der Waals surface area contributed by atoms with Crippen LogP contribution in [0.25, 0.3) is 0 Å². The van der Waals surface area contributed by atoms with Gasteiger partial charge in [0.1, 0.15) is 18.0 Å². The molecule has 0 aromatic carbocycles. The highest BCUT2D eigenvalue weighted by molar-refractivity contribution is 5.46. The second-order valence-corrected chi connectivity index (χ2v) is 4.68. The first kappa shape index (κ1) is 13.1. The number of piperidine rings is 1. The minimum Gasteiger partial charge on any atom is -0.370 e. The van der Waals surface area contributed by atoms with Crippen LogP contribution in [0.5, 0.6) is 0 Å². The number of nitrogens with one attached hydrogen (secondary N) is 3. The lowest BCUT2D eigenvalue weighted by Crippen LogP contribution is -2.35. The molecule has 5 nitrogen and oxygen atoms in total. The molecule has 0 bridgehead atoms. The molecular weight excluding hydrogens is 226 g/mol. The zero-order valence-electron chi connectivity index (χ0n) is 11.1. The summed E-state index contributed by atoms with van der Waals surface area (Å²) in [4.78, 5) is 8.37. The molecule has 0 spiro atoms. The summed E-state index contributed by atoms with van der Waals surface area (Å²) in [6.07, 6.45) is 6.73. The molecule has 1 fully saturated rings. The summed E-state index contributed by atoms with van der Waals surface area (Å²) in [6, 6.07) is 2.62. The van der Waals surface area contributed by atoms with E-state index in [1.54, 1.807) is 6.33 Å². The summed E-state index contributed by atoms with van der Waals surface area (Å²) >= 11 is 0. The molecule has 0 radical (unpaired) electrons. The second-order valence-electron chi connectivity index (χ2n) is 4.68. The van der Waals surface area contributed by atoms with Crippen LogP contribution < -0.4 is 16.0 Å². The molecule has 0 aliphatic carbocycles. The number of hydrogen-bond acceptors (Lipinski definition) is 5.